The van der Waals surface area contributed by atoms with Crippen LogP contribution < -0.4 is 16.4 Å². The number of rotatable bonds is 20. The molecule has 1 aliphatic heterocycles. The van der Waals surface area contributed by atoms with E-state index >= 15 is 0 Å². The fraction of sp³-hybridized carbons (Fsp3) is 0.683. The number of unbranched alkanes of at least 4 members (excludes halogenated alkanes) is 1. The van der Waals surface area contributed by atoms with Crippen LogP contribution in [-0.4, -0.2) is 83.0 Å². The second-order valence-corrected chi connectivity index (χ2v) is 16.2. The number of nitrogens with two attached hydrogens (primary N) is 1. The summed E-state index contributed by atoms with van der Waals surface area (Å²) in [6.07, 6.45) is 4.03. The van der Waals surface area contributed by atoms with Crippen LogP contribution >= 0.6 is 0 Å². The molecule has 2 fully saturated rings. The first-order chi connectivity index (χ1) is 25.5. The Balaban J connectivity index is 1.78. The Morgan fingerprint density at radius 1 is 0.944 bits per heavy atom. The minimum Gasteiger partial charge on any atom is -0.449 e. The number of benzene rings is 1. The smallest absolute Gasteiger partial charge is 0.407 e. The van der Waals surface area contributed by atoms with Crippen molar-refractivity contribution in [2.24, 2.45) is 23.5 Å². The summed E-state index contributed by atoms with van der Waals surface area (Å²) in [6, 6.07) is 5.53. The number of likely N-dealkylation sites (tertiary alicyclic amines) is 1. The lowest BCUT2D eigenvalue weighted by Gasteiger charge is -2.34. The van der Waals surface area contributed by atoms with Crippen LogP contribution in [0.5, 0.6) is 0 Å². The van der Waals surface area contributed by atoms with Gasteiger partial charge in [-0.3, -0.25) is 28.8 Å². The zero-order valence-corrected chi connectivity index (χ0v) is 33.0. The number of amides is 4. The summed E-state index contributed by atoms with van der Waals surface area (Å²) < 4.78 is 11.7. The molecular weight excluding hydrogens is 692 g/mol. The van der Waals surface area contributed by atoms with Crippen LogP contribution in [0.4, 0.5) is 4.79 Å². The number of nitrogens with zero attached hydrogens (tertiary/aromatic N) is 1. The molecule has 0 spiro atoms. The normalized spacial score (nSPS) is 19.4. The monoisotopic (exact) mass is 754 g/mol. The quantitative estimate of drug-likeness (QED) is 0.152. The van der Waals surface area contributed by atoms with Gasteiger partial charge in [-0.1, -0.05) is 83.2 Å². The second-order valence-electron chi connectivity index (χ2n) is 16.2. The predicted octanol–water partition coefficient (Wildman–Crippen LogP) is 5.13. The Morgan fingerprint density at radius 3 is 2.20 bits per heavy atom. The van der Waals surface area contributed by atoms with Crippen molar-refractivity contribution in [3.8, 4) is 0 Å². The van der Waals surface area contributed by atoms with E-state index in [1.165, 1.54) is 4.90 Å². The van der Waals surface area contributed by atoms with Gasteiger partial charge in [-0.05, 0) is 57.4 Å². The zero-order valence-electron chi connectivity index (χ0n) is 33.0. The Labute approximate surface area is 320 Å². The molecule has 4 N–H and O–H groups in total. The van der Waals surface area contributed by atoms with E-state index in [9.17, 15) is 33.6 Å². The largest absolute Gasteiger partial charge is 0.449 e. The second kappa shape index (κ2) is 21.1. The van der Waals surface area contributed by atoms with Crippen LogP contribution in [0.2, 0.25) is 0 Å². The predicted molar refractivity (Wildman–Crippen MR) is 203 cm³/mol. The van der Waals surface area contributed by atoms with E-state index in [2.05, 4.69) is 10.6 Å². The van der Waals surface area contributed by atoms with Gasteiger partial charge in [0.05, 0.1) is 24.4 Å². The van der Waals surface area contributed by atoms with Gasteiger partial charge < -0.3 is 30.7 Å². The maximum atomic E-state index is 14.5. The number of ether oxygens (including phenoxy) is 2. The highest BCUT2D eigenvalue weighted by Crippen LogP contribution is 2.32. The number of ketones is 3. The summed E-state index contributed by atoms with van der Waals surface area (Å²) in [6.45, 7) is 11.8. The van der Waals surface area contributed by atoms with Gasteiger partial charge in [-0.2, -0.15) is 0 Å². The molecule has 1 saturated carbocycles. The molecule has 1 aliphatic carbocycles. The molecular formula is C41H62N4O9. The molecule has 3 rings (SSSR count). The van der Waals surface area contributed by atoms with Crippen molar-refractivity contribution < 1.29 is 43.0 Å². The van der Waals surface area contributed by atoms with Crippen molar-refractivity contribution in [1.82, 2.24) is 15.5 Å². The first-order valence-electron chi connectivity index (χ1n) is 19.7. The summed E-state index contributed by atoms with van der Waals surface area (Å²) in [5.41, 5.74) is 5.43. The number of primary amides is 1. The highest BCUT2D eigenvalue weighted by Gasteiger charge is 2.46. The third-order valence-corrected chi connectivity index (χ3v) is 9.95. The van der Waals surface area contributed by atoms with Crippen molar-refractivity contribution in [2.45, 2.75) is 148 Å². The summed E-state index contributed by atoms with van der Waals surface area (Å²) in [7, 11) is 0. The molecule has 0 aromatic heterocycles. The Hall–Kier alpha value is -4.13. The highest BCUT2D eigenvalue weighted by molar-refractivity contribution is 6.38. The fourth-order valence-electron chi connectivity index (χ4n) is 7.30. The molecule has 1 heterocycles. The molecule has 4 amide bonds. The number of carbonyl (C=O) groups is 7. The molecule has 13 nitrogen and oxygen atoms in total. The van der Waals surface area contributed by atoms with Gasteiger partial charge in [0.2, 0.25) is 23.5 Å². The van der Waals surface area contributed by atoms with Crippen LogP contribution in [0.15, 0.2) is 30.3 Å². The van der Waals surface area contributed by atoms with Crippen LogP contribution in [0, 0.1) is 17.8 Å². The van der Waals surface area contributed by atoms with Gasteiger partial charge in [0.25, 0.3) is 0 Å². The molecule has 1 unspecified atom stereocenters. The zero-order chi connectivity index (χ0) is 40.0. The van der Waals surface area contributed by atoms with Gasteiger partial charge >= 0.3 is 6.09 Å². The third-order valence-electron chi connectivity index (χ3n) is 9.95. The van der Waals surface area contributed by atoms with Crippen molar-refractivity contribution in [3.05, 3.63) is 35.9 Å². The van der Waals surface area contributed by atoms with E-state index < -0.39 is 71.6 Å². The van der Waals surface area contributed by atoms with E-state index in [4.69, 9.17) is 15.2 Å². The van der Waals surface area contributed by atoms with E-state index in [1.807, 2.05) is 41.5 Å². The molecule has 1 aromatic rings. The molecule has 1 saturated heterocycles. The summed E-state index contributed by atoms with van der Waals surface area (Å²) in [5, 5.41) is 5.37. The van der Waals surface area contributed by atoms with E-state index in [0.717, 1.165) is 38.5 Å². The first-order valence-corrected chi connectivity index (χ1v) is 19.7. The summed E-state index contributed by atoms with van der Waals surface area (Å²) >= 11 is 0. The number of nitrogens with one attached hydrogen (secondary N) is 2. The lowest BCUT2D eigenvalue weighted by atomic mass is 9.83. The van der Waals surface area contributed by atoms with Crippen molar-refractivity contribution in [1.29, 1.82) is 0 Å². The van der Waals surface area contributed by atoms with Gasteiger partial charge in [-0.15, -0.1) is 0 Å². The van der Waals surface area contributed by atoms with Crippen LogP contribution in [-0.2, 0) is 38.2 Å². The molecule has 2 aliphatic rings. The van der Waals surface area contributed by atoms with Crippen LogP contribution in [0.1, 0.15) is 130 Å². The minimum absolute atomic E-state index is 0.108. The maximum Gasteiger partial charge on any atom is 0.407 e. The van der Waals surface area contributed by atoms with Crippen molar-refractivity contribution in [3.63, 3.8) is 0 Å². The molecule has 300 valence electrons. The average Bonchev–Trinajstić information content (AvgIpc) is 3.55. The van der Waals surface area contributed by atoms with Crippen molar-refractivity contribution >= 4 is 41.2 Å². The first kappa shape index (κ1) is 44.3. The van der Waals surface area contributed by atoms with Crippen molar-refractivity contribution in [2.75, 3.05) is 13.2 Å². The molecule has 13 heteroatoms. The average molecular weight is 755 g/mol. The molecule has 0 bridgehead atoms. The lowest BCUT2D eigenvalue weighted by molar-refractivity contribution is -0.143. The molecule has 54 heavy (non-hydrogen) atoms. The van der Waals surface area contributed by atoms with Gasteiger partial charge in [-0.25, -0.2) is 4.79 Å². The van der Waals surface area contributed by atoms with Gasteiger partial charge in [0.1, 0.15) is 12.1 Å². The third kappa shape index (κ3) is 13.9. The highest BCUT2D eigenvalue weighted by atomic mass is 16.5. The fourth-order valence-corrected chi connectivity index (χ4v) is 7.30. The summed E-state index contributed by atoms with van der Waals surface area (Å²) in [4.78, 5) is 94.7. The SMILES string of the molecule is CCCCC(CC(=O)[C@@H]1C[C@@H](OC(C)(C)C)CN1C(=O)[C@@H](NC(=O)OCC(C)C)C1CCCCC1)C(=O)C(=O)CCC(=O)N[C@H](C(N)=O)c1ccccc1. The molecule has 1 aromatic carbocycles. The minimum atomic E-state index is -1.10. The lowest BCUT2D eigenvalue weighted by Crippen LogP contribution is -2.55. The summed E-state index contributed by atoms with van der Waals surface area (Å²) in [5.74, 6) is -4.62. The van der Waals surface area contributed by atoms with Crippen LogP contribution in [0.25, 0.3) is 0 Å². The van der Waals surface area contributed by atoms with E-state index in [0.29, 0.717) is 12.0 Å². The van der Waals surface area contributed by atoms with Gasteiger partial charge in [0, 0.05) is 38.1 Å². The molecule has 5 atom stereocenters. The van der Waals surface area contributed by atoms with E-state index in [1.54, 1.807) is 30.3 Å². The molecule has 0 radical (unpaired) electrons. The van der Waals surface area contributed by atoms with Gasteiger partial charge in [0.15, 0.2) is 11.6 Å². The maximum absolute atomic E-state index is 14.5. The number of hydrogen-bond acceptors (Lipinski definition) is 9. The Bertz CT molecular complexity index is 1450. The Kier molecular flexibility index (Phi) is 17.3. The topological polar surface area (TPSA) is 191 Å². The van der Waals surface area contributed by atoms with E-state index in [-0.39, 0.29) is 62.4 Å². The number of hydrogen-bond donors (Lipinski definition) is 3. The number of Topliss-reactive ketones (excluding diaryl/α,β-unsaturated/α-hetero) is 3. The Morgan fingerprint density at radius 2 is 1.61 bits per heavy atom. The number of alkyl carbamates (subject to hydrolysis) is 1. The number of carbonyl (C=O) groups excluding carboxylic acids is 7. The van der Waals surface area contributed by atoms with Crippen LogP contribution in [0.3, 0.4) is 0 Å². The standard InChI is InChI=1S/C41H62N4O9/c1-7-8-15-29(37(49)32(46)20-21-34(48)43-35(38(42)50)27-16-11-9-12-17-27)22-33(47)31-23-30(54-41(4,5)6)24-45(31)39(51)36(28-18-13-10-14-19-28)44-40(52)53-25-26(2)3/h9,11-12,16-17,26,28-31,35-36H,7-8,10,13-15,18-25H2,1-6H3,(H2,42,50)(H,43,48)(H,44,52)/t29?,30-,31+,35+,36+/m1/s1.